The van der Waals surface area contributed by atoms with Crippen LogP contribution in [0.1, 0.15) is 33.2 Å². The average Bonchev–Trinajstić information content (AvgIpc) is 2.39. The van der Waals surface area contributed by atoms with Gasteiger partial charge < -0.3 is 0 Å². The molecule has 15 heavy (non-hydrogen) atoms. The van der Waals surface area contributed by atoms with Gasteiger partial charge in [0.1, 0.15) is 11.7 Å². The fourth-order valence-electron chi connectivity index (χ4n) is 1.88. The van der Waals surface area contributed by atoms with Crippen molar-refractivity contribution in [3.05, 3.63) is 34.9 Å². The first kappa shape index (κ1) is 9.77. The van der Waals surface area contributed by atoms with Gasteiger partial charge in [0.15, 0.2) is 11.6 Å². The Balaban J connectivity index is 2.60. The molecule has 0 aromatic heterocycles. The number of ketones is 3. The van der Waals surface area contributed by atoms with Crippen LogP contribution in [0.2, 0.25) is 0 Å². The van der Waals surface area contributed by atoms with Crippen LogP contribution in [0.25, 0.3) is 0 Å². The minimum atomic E-state index is -1.10. The van der Waals surface area contributed by atoms with E-state index in [-0.39, 0.29) is 17.3 Å². The van der Waals surface area contributed by atoms with E-state index in [2.05, 4.69) is 0 Å². The minimum absolute atomic E-state index is 0.355. The molecule has 0 heterocycles. The van der Waals surface area contributed by atoms with Crippen LogP contribution in [0.4, 0.5) is 0 Å². The van der Waals surface area contributed by atoms with Crippen molar-refractivity contribution in [2.75, 3.05) is 0 Å². The number of carbonyl (C=O) groups is 3. The SMILES string of the molecule is CC(=O)C1C(=O)c2ccc(C)cc2C1=O. The lowest BCUT2D eigenvalue weighted by Crippen LogP contribution is -2.22. The summed E-state index contributed by atoms with van der Waals surface area (Å²) >= 11 is 0. The number of hydrogen-bond acceptors (Lipinski definition) is 3. The molecule has 2 rings (SSSR count). The number of rotatable bonds is 1. The molecule has 0 fully saturated rings. The van der Waals surface area contributed by atoms with Crippen LogP contribution in [-0.2, 0) is 4.79 Å². The lowest BCUT2D eigenvalue weighted by atomic mass is 10.00. The second-order valence-electron chi connectivity index (χ2n) is 3.82. The Bertz CT molecular complexity index is 486. The van der Waals surface area contributed by atoms with E-state index < -0.39 is 5.92 Å². The van der Waals surface area contributed by atoms with Crippen molar-refractivity contribution >= 4 is 17.3 Å². The summed E-state index contributed by atoms with van der Waals surface area (Å²) in [6.07, 6.45) is 0. The van der Waals surface area contributed by atoms with E-state index in [1.54, 1.807) is 18.2 Å². The maximum atomic E-state index is 11.8. The fourth-order valence-corrected chi connectivity index (χ4v) is 1.88. The third-order valence-corrected chi connectivity index (χ3v) is 2.64. The topological polar surface area (TPSA) is 51.2 Å². The van der Waals surface area contributed by atoms with Crippen LogP contribution < -0.4 is 0 Å². The van der Waals surface area contributed by atoms with E-state index in [4.69, 9.17) is 0 Å². The van der Waals surface area contributed by atoms with Gasteiger partial charge in [-0.05, 0) is 19.9 Å². The second kappa shape index (κ2) is 3.12. The van der Waals surface area contributed by atoms with Crippen molar-refractivity contribution in [3.8, 4) is 0 Å². The Hall–Kier alpha value is -1.77. The molecule has 3 nitrogen and oxygen atoms in total. The highest BCUT2D eigenvalue weighted by Crippen LogP contribution is 2.28. The Morgan fingerprint density at radius 1 is 1.13 bits per heavy atom. The average molecular weight is 202 g/mol. The van der Waals surface area contributed by atoms with Gasteiger partial charge in [-0.2, -0.15) is 0 Å². The standard InChI is InChI=1S/C12H10O3/c1-6-3-4-8-9(5-6)12(15)10(7(2)13)11(8)14/h3-5,10H,1-2H3. The zero-order chi connectivity index (χ0) is 11.2. The quantitative estimate of drug-likeness (QED) is 0.649. The number of hydrogen-bond donors (Lipinski definition) is 0. The molecule has 3 heteroatoms. The van der Waals surface area contributed by atoms with Gasteiger partial charge in [-0.3, -0.25) is 14.4 Å². The van der Waals surface area contributed by atoms with Crippen molar-refractivity contribution in [3.63, 3.8) is 0 Å². The van der Waals surface area contributed by atoms with Crippen LogP contribution in [0.15, 0.2) is 18.2 Å². The van der Waals surface area contributed by atoms with Gasteiger partial charge in [-0.15, -0.1) is 0 Å². The van der Waals surface area contributed by atoms with Gasteiger partial charge in [0.05, 0.1) is 0 Å². The summed E-state index contributed by atoms with van der Waals surface area (Å²) in [7, 11) is 0. The molecule has 0 aliphatic heterocycles. The molecule has 1 aliphatic carbocycles. The normalized spacial score (nSPS) is 19.2. The first-order valence-corrected chi connectivity index (χ1v) is 4.72. The van der Waals surface area contributed by atoms with Gasteiger partial charge in [-0.25, -0.2) is 0 Å². The monoisotopic (exact) mass is 202 g/mol. The highest BCUT2D eigenvalue weighted by molar-refractivity contribution is 6.35. The molecule has 0 saturated carbocycles. The van der Waals surface area contributed by atoms with Crippen molar-refractivity contribution in [2.45, 2.75) is 13.8 Å². The fraction of sp³-hybridized carbons (Fsp3) is 0.250. The summed E-state index contributed by atoms with van der Waals surface area (Å²) in [4.78, 5) is 34.7. The third kappa shape index (κ3) is 1.31. The van der Waals surface area contributed by atoms with Crippen molar-refractivity contribution in [1.29, 1.82) is 0 Å². The van der Waals surface area contributed by atoms with E-state index in [1.165, 1.54) is 6.92 Å². The first-order valence-electron chi connectivity index (χ1n) is 4.72. The first-order chi connectivity index (χ1) is 7.02. The molecule has 1 aromatic carbocycles. The zero-order valence-electron chi connectivity index (χ0n) is 8.53. The molecular weight excluding hydrogens is 192 g/mol. The van der Waals surface area contributed by atoms with Crippen LogP contribution >= 0.6 is 0 Å². The molecular formula is C12H10O3. The summed E-state index contributed by atoms with van der Waals surface area (Å²) in [5.41, 5.74) is 1.69. The number of fused-ring (bicyclic) bond motifs is 1. The zero-order valence-corrected chi connectivity index (χ0v) is 8.53. The Morgan fingerprint density at radius 2 is 1.73 bits per heavy atom. The number of benzene rings is 1. The number of Topliss-reactive ketones (excluding diaryl/α,β-unsaturated/α-hetero) is 3. The highest BCUT2D eigenvalue weighted by atomic mass is 16.2. The van der Waals surface area contributed by atoms with Crippen molar-refractivity contribution in [2.24, 2.45) is 5.92 Å². The number of carbonyl (C=O) groups excluding carboxylic acids is 3. The third-order valence-electron chi connectivity index (χ3n) is 2.64. The lowest BCUT2D eigenvalue weighted by Gasteiger charge is -1.98. The molecule has 0 N–H and O–H groups in total. The largest absolute Gasteiger partial charge is 0.299 e. The summed E-state index contributed by atoms with van der Waals surface area (Å²) in [5.74, 6) is -2.19. The Kier molecular flexibility index (Phi) is 2.03. The lowest BCUT2D eigenvalue weighted by molar-refractivity contribution is -0.118. The highest BCUT2D eigenvalue weighted by Gasteiger charge is 2.41. The predicted octanol–water partition coefficient (Wildman–Crippen LogP) is 1.58. The van der Waals surface area contributed by atoms with Crippen LogP contribution in [-0.4, -0.2) is 17.3 Å². The second-order valence-corrected chi connectivity index (χ2v) is 3.82. The molecule has 76 valence electrons. The van der Waals surface area contributed by atoms with E-state index in [0.29, 0.717) is 11.1 Å². The van der Waals surface area contributed by atoms with E-state index in [9.17, 15) is 14.4 Å². The van der Waals surface area contributed by atoms with Gasteiger partial charge in [0.25, 0.3) is 0 Å². The maximum Gasteiger partial charge on any atom is 0.181 e. The van der Waals surface area contributed by atoms with Crippen LogP contribution in [0.3, 0.4) is 0 Å². The molecule has 0 bridgehead atoms. The molecule has 0 radical (unpaired) electrons. The summed E-state index contributed by atoms with van der Waals surface area (Å²) in [6, 6.07) is 5.05. The molecule has 0 amide bonds. The summed E-state index contributed by atoms with van der Waals surface area (Å²) < 4.78 is 0. The van der Waals surface area contributed by atoms with Crippen molar-refractivity contribution < 1.29 is 14.4 Å². The van der Waals surface area contributed by atoms with Gasteiger partial charge in [-0.1, -0.05) is 17.7 Å². The molecule has 1 unspecified atom stereocenters. The van der Waals surface area contributed by atoms with Crippen LogP contribution in [0, 0.1) is 12.8 Å². The summed E-state index contributed by atoms with van der Waals surface area (Å²) in [5, 5.41) is 0. The van der Waals surface area contributed by atoms with E-state index in [0.717, 1.165) is 5.56 Å². The van der Waals surface area contributed by atoms with Gasteiger partial charge >= 0.3 is 0 Å². The Morgan fingerprint density at radius 3 is 2.33 bits per heavy atom. The molecule has 1 aromatic rings. The summed E-state index contributed by atoms with van der Waals surface area (Å²) in [6.45, 7) is 3.12. The predicted molar refractivity (Wildman–Crippen MR) is 54.0 cm³/mol. The molecule has 0 saturated heterocycles. The van der Waals surface area contributed by atoms with Crippen LogP contribution in [0.5, 0.6) is 0 Å². The van der Waals surface area contributed by atoms with Gasteiger partial charge in [0.2, 0.25) is 0 Å². The number of aryl methyl sites for hydroxylation is 1. The molecule has 1 atom stereocenters. The molecule has 0 spiro atoms. The molecule has 1 aliphatic rings. The minimum Gasteiger partial charge on any atom is -0.299 e. The van der Waals surface area contributed by atoms with E-state index in [1.807, 2.05) is 6.92 Å². The van der Waals surface area contributed by atoms with E-state index >= 15 is 0 Å². The Labute approximate surface area is 87.1 Å². The smallest absolute Gasteiger partial charge is 0.181 e. The maximum absolute atomic E-state index is 11.8. The van der Waals surface area contributed by atoms with Crippen molar-refractivity contribution in [1.82, 2.24) is 0 Å². The van der Waals surface area contributed by atoms with Gasteiger partial charge in [0, 0.05) is 11.1 Å².